The maximum Gasteiger partial charge on any atom is 0.417 e. The number of anilines is 1. The molecule has 0 N–H and O–H groups in total. The topological polar surface area (TPSA) is 54.9 Å². The molecule has 1 amide bonds. The van der Waals surface area contributed by atoms with Crippen LogP contribution in [0.1, 0.15) is 22.3 Å². The number of benzene rings is 1. The molecule has 30 heavy (non-hydrogen) atoms. The number of hydrogen-bond donors (Lipinski definition) is 0. The lowest BCUT2D eigenvalue weighted by Gasteiger charge is -2.24. The van der Waals surface area contributed by atoms with E-state index >= 15 is 0 Å². The molecule has 0 atom stereocenters. The van der Waals surface area contributed by atoms with E-state index in [2.05, 4.69) is 4.98 Å². The molecule has 1 aliphatic rings. The van der Waals surface area contributed by atoms with Crippen LogP contribution < -0.4 is 14.4 Å². The fourth-order valence-corrected chi connectivity index (χ4v) is 3.58. The SMILES string of the molecule is COc1ccc(C(=O)N2CCCN(c3ncc(C(F)(F)F)cc3Cl)CC2)c(OC)c1. The minimum atomic E-state index is -4.51. The number of nitrogens with zero attached hydrogens (tertiary/aromatic N) is 3. The van der Waals surface area contributed by atoms with Gasteiger partial charge in [0.15, 0.2) is 0 Å². The number of alkyl halides is 3. The Bertz CT molecular complexity index is 924. The molecule has 0 unspecified atom stereocenters. The third-order valence-corrected chi connectivity index (χ3v) is 5.15. The quantitative estimate of drug-likeness (QED) is 0.711. The number of methoxy groups -OCH3 is 2. The predicted octanol–water partition coefficient (Wildman–Crippen LogP) is 4.12. The van der Waals surface area contributed by atoms with E-state index in [1.54, 1.807) is 28.0 Å². The second-order valence-corrected chi connectivity index (χ2v) is 7.13. The van der Waals surface area contributed by atoms with Gasteiger partial charge in [0.05, 0.1) is 30.4 Å². The standard InChI is InChI=1S/C20H21ClF3N3O3/c1-29-14-4-5-15(17(11-14)30-2)19(28)27-7-3-6-26(8-9-27)18-16(21)10-13(12-25-18)20(22,23)24/h4-5,10-12H,3,6-9H2,1-2H3. The maximum absolute atomic E-state index is 13.0. The number of pyridine rings is 1. The van der Waals surface area contributed by atoms with E-state index in [1.165, 1.54) is 14.2 Å². The van der Waals surface area contributed by atoms with Crippen LogP contribution in [0.5, 0.6) is 11.5 Å². The lowest BCUT2D eigenvalue weighted by atomic mass is 10.1. The zero-order valence-corrected chi connectivity index (χ0v) is 17.3. The van der Waals surface area contributed by atoms with Crippen LogP contribution in [0.3, 0.4) is 0 Å². The number of carbonyl (C=O) groups is 1. The number of aromatic nitrogens is 1. The van der Waals surface area contributed by atoms with Crippen molar-refractivity contribution >= 4 is 23.3 Å². The van der Waals surface area contributed by atoms with E-state index in [-0.39, 0.29) is 16.7 Å². The van der Waals surface area contributed by atoms with Gasteiger partial charge in [-0.15, -0.1) is 0 Å². The Morgan fingerprint density at radius 2 is 1.87 bits per heavy atom. The summed E-state index contributed by atoms with van der Waals surface area (Å²) in [5.74, 6) is 1.07. The van der Waals surface area contributed by atoms with E-state index in [0.717, 1.165) is 12.3 Å². The number of rotatable bonds is 4. The molecule has 0 bridgehead atoms. The van der Waals surface area contributed by atoms with Crippen LogP contribution in [-0.4, -0.2) is 56.2 Å². The highest BCUT2D eigenvalue weighted by molar-refractivity contribution is 6.33. The Morgan fingerprint density at radius 3 is 2.50 bits per heavy atom. The molecule has 1 aromatic carbocycles. The van der Waals surface area contributed by atoms with Crippen molar-refractivity contribution in [2.24, 2.45) is 0 Å². The first-order chi connectivity index (χ1) is 14.2. The van der Waals surface area contributed by atoms with Crippen molar-refractivity contribution in [2.45, 2.75) is 12.6 Å². The molecule has 2 heterocycles. The van der Waals surface area contributed by atoms with E-state index in [9.17, 15) is 18.0 Å². The number of amides is 1. The fourth-order valence-electron chi connectivity index (χ4n) is 3.30. The summed E-state index contributed by atoms with van der Waals surface area (Å²) in [4.78, 5) is 20.4. The van der Waals surface area contributed by atoms with Crippen LogP contribution in [0.25, 0.3) is 0 Å². The number of ether oxygens (including phenoxy) is 2. The second-order valence-electron chi connectivity index (χ2n) is 6.73. The summed E-state index contributed by atoms with van der Waals surface area (Å²) in [6.45, 7) is 1.76. The summed E-state index contributed by atoms with van der Waals surface area (Å²) in [6, 6.07) is 5.85. The van der Waals surface area contributed by atoms with Crippen molar-refractivity contribution < 1.29 is 27.4 Å². The molecule has 0 radical (unpaired) electrons. The van der Waals surface area contributed by atoms with Crippen LogP contribution in [0.15, 0.2) is 30.5 Å². The van der Waals surface area contributed by atoms with Crippen molar-refractivity contribution in [2.75, 3.05) is 45.3 Å². The molecule has 0 aliphatic carbocycles. The monoisotopic (exact) mass is 443 g/mol. The molecule has 10 heteroatoms. The second kappa shape index (κ2) is 8.99. The van der Waals surface area contributed by atoms with E-state index < -0.39 is 11.7 Å². The summed E-state index contributed by atoms with van der Waals surface area (Å²) in [5, 5.41) is -0.0681. The minimum absolute atomic E-state index is 0.0681. The van der Waals surface area contributed by atoms with Gasteiger partial charge in [-0.25, -0.2) is 4.98 Å². The van der Waals surface area contributed by atoms with Crippen molar-refractivity contribution in [3.8, 4) is 11.5 Å². The molecular formula is C20H21ClF3N3O3. The largest absolute Gasteiger partial charge is 0.497 e. The van der Waals surface area contributed by atoms with Crippen molar-refractivity contribution in [1.82, 2.24) is 9.88 Å². The molecular weight excluding hydrogens is 423 g/mol. The normalized spacial score (nSPS) is 15.0. The highest BCUT2D eigenvalue weighted by atomic mass is 35.5. The molecule has 1 aromatic heterocycles. The van der Waals surface area contributed by atoms with E-state index in [1.807, 2.05) is 0 Å². The fraction of sp³-hybridized carbons (Fsp3) is 0.400. The van der Waals surface area contributed by atoms with Crippen LogP contribution in [0.2, 0.25) is 5.02 Å². The Kier molecular flexibility index (Phi) is 6.60. The summed E-state index contributed by atoms with van der Waals surface area (Å²) in [7, 11) is 3.01. The minimum Gasteiger partial charge on any atom is -0.497 e. The first-order valence-corrected chi connectivity index (χ1v) is 9.61. The number of halogens is 4. The molecule has 1 aliphatic heterocycles. The molecule has 0 spiro atoms. The lowest BCUT2D eigenvalue weighted by Crippen LogP contribution is -2.35. The Morgan fingerprint density at radius 1 is 1.10 bits per heavy atom. The van der Waals surface area contributed by atoms with Gasteiger partial charge in [-0.05, 0) is 24.6 Å². The smallest absolute Gasteiger partial charge is 0.417 e. The lowest BCUT2D eigenvalue weighted by molar-refractivity contribution is -0.137. The summed E-state index contributed by atoms with van der Waals surface area (Å²) < 4.78 is 49.0. The zero-order chi connectivity index (χ0) is 21.9. The zero-order valence-electron chi connectivity index (χ0n) is 16.5. The summed E-state index contributed by atoms with van der Waals surface area (Å²) in [5.41, 5.74) is -0.480. The highest BCUT2D eigenvalue weighted by Gasteiger charge is 2.32. The molecule has 2 aromatic rings. The summed E-state index contributed by atoms with van der Waals surface area (Å²) >= 11 is 6.07. The van der Waals surface area contributed by atoms with Crippen molar-refractivity contribution in [3.05, 3.63) is 46.6 Å². The first-order valence-electron chi connectivity index (χ1n) is 9.23. The van der Waals surface area contributed by atoms with Gasteiger partial charge < -0.3 is 19.3 Å². The Balaban J connectivity index is 1.75. The average molecular weight is 444 g/mol. The number of carbonyl (C=O) groups excluding carboxylic acids is 1. The van der Waals surface area contributed by atoms with Crippen LogP contribution in [-0.2, 0) is 6.18 Å². The van der Waals surface area contributed by atoms with Gasteiger partial charge in [0.2, 0.25) is 0 Å². The molecule has 0 saturated carbocycles. The third-order valence-electron chi connectivity index (χ3n) is 4.87. The van der Waals surface area contributed by atoms with Crippen LogP contribution in [0, 0.1) is 0 Å². The van der Waals surface area contributed by atoms with Gasteiger partial charge in [0.1, 0.15) is 17.3 Å². The molecule has 6 nitrogen and oxygen atoms in total. The first kappa shape index (κ1) is 22.0. The van der Waals surface area contributed by atoms with Crippen molar-refractivity contribution in [1.29, 1.82) is 0 Å². The van der Waals surface area contributed by atoms with E-state index in [4.69, 9.17) is 21.1 Å². The molecule has 1 fully saturated rings. The van der Waals surface area contributed by atoms with Gasteiger partial charge in [0, 0.05) is 38.4 Å². The van der Waals surface area contributed by atoms with Crippen LogP contribution >= 0.6 is 11.6 Å². The Labute approximate surface area is 177 Å². The van der Waals surface area contributed by atoms with Crippen LogP contribution in [0.4, 0.5) is 19.0 Å². The van der Waals surface area contributed by atoms with Gasteiger partial charge in [-0.1, -0.05) is 11.6 Å². The molecule has 162 valence electrons. The molecule has 3 rings (SSSR count). The Hall–Kier alpha value is -2.68. The predicted molar refractivity (Wildman–Crippen MR) is 107 cm³/mol. The molecule has 1 saturated heterocycles. The highest BCUT2D eigenvalue weighted by Crippen LogP contribution is 2.34. The van der Waals surface area contributed by atoms with Crippen molar-refractivity contribution in [3.63, 3.8) is 0 Å². The van der Waals surface area contributed by atoms with Gasteiger partial charge in [-0.2, -0.15) is 13.2 Å². The average Bonchev–Trinajstić information content (AvgIpc) is 2.98. The number of hydrogen-bond acceptors (Lipinski definition) is 5. The van der Waals surface area contributed by atoms with Gasteiger partial charge in [0.25, 0.3) is 5.91 Å². The summed E-state index contributed by atoms with van der Waals surface area (Å²) in [6.07, 6.45) is -3.12. The van der Waals surface area contributed by atoms with Gasteiger partial charge >= 0.3 is 6.18 Å². The van der Waals surface area contributed by atoms with Gasteiger partial charge in [-0.3, -0.25) is 4.79 Å². The maximum atomic E-state index is 13.0. The van der Waals surface area contributed by atoms with E-state index in [0.29, 0.717) is 49.7 Å². The third kappa shape index (κ3) is 4.72.